The zero-order valence-electron chi connectivity index (χ0n) is 22.6. The number of pyridine rings is 1. The van der Waals surface area contributed by atoms with Crippen LogP contribution in [0.25, 0.3) is 16.7 Å². The quantitative estimate of drug-likeness (QED) is 0.322. The number of ether oxygens (including phenoxy) is 1. The van der Waals surface area contributed by atoms with Crippen LogP contribution in [0.1, 0.15) is 5.56 Å². The van der Waals surface area contributed by atoms with Gasteiger partial charge >= 0.3 is 0 Å². The molecule has 1 amide bonds. The zero-order chi connectivity index (χ0) is 28.4. The first kappa shape index (κ1) is 27.2. The van der Waals surface area contributed by atoms with Gasteiger partial charge in [-0.1, -0.05) is 18.2 Å². The number of likely N-dealkylation sites (N-methyl/N-ethyl adjacent to an activating group) is 1. The second-order valence-corrected chi connectivity index (χ2v) is 10.1. The average Bonchev–Trinajstić information content (AvgIpc) is 2.93. The molecule has 1 saturated heterocycles. The van der Waals surface area contributed by atoms with Crippen molar-refractivity contribution in [2.45, 2.75) is 6.92 Å². The monoisotopic (exact) mass is 559 g/mol. The van der Waals surface area contributed by atoms with Crippen molar-refractivity contribution in [3.63, 3.8) is 0 Å². The van der Waals surface area contributed by atoms with Crippen LogP contribution in [0.15, 0.2) is 66.1 Å². The molecule has 206 valence electrons. The number of methoxy groups -OCH3 is 1. The lowest BCUT2D eigenvalue weighted by Gasteiger charge is -2.34. The molecule has 1 fully saturated rings. The van der Waals surface area contributed by atoms with Crippen LogP contribution in [0.2, 0.25) is 5.02 Å². The van der Waals surface area contributed by atoms with Crippen molar-refractivity contribution in [2.24, 2.45) is 0 Å². The number of aromatic nitrogens is 3. The summed E-state index contributed by atoms with van der Waals surface area (Å²) in [4.78, 5) is 39.0. The predicted octanol–water partition coefficient (Wildman–Crippen LogP) is 4.37. The molecule has 2 aromatic heterocycles. The fourth-order valence-electron chi connectivity index (χ4n) is 4.70. The fourth-order valence-corrected chi connectivity index (χ4v) is 4.93. The molecule has 11 heteroatoms. The van der Waals surface area contributed by atoms with Gasteiger partial charge in [-0.05, 0) is 55.9 Å². The number of anilines is 4. The van der Waals surface area contributed by atoms with Gasteiger partial charge in [-0.3, -0.25) is 14.2 Å². The minimum atomic E-state index is -0.393. The topological polar surface area (TPSA) is 105 Å². The first-order valence-electron chi connectivity index (χ1n) is 12.8. The highest BCUT2D eigenvalue weighted by molar-refractivity contribution is 6.31. The molecule has 0 bridgehead atoms. The molecule has 10 nitrogen and oxygen atoms in total. The molecule has 1 aliphatic heterocycles. The molecule has 0 saturated carbocycles. The van der Waals surface area contributed by atoms with E-state index < -0.39 is 5.91 Å². The molecule has 0 spiro atoms. The molecule has 0 atom stereocenters. The van der Waals surface area contributed by atoms with Crippen LogP contribution in [0.3, 0.4) is 0 Å². The molecule has 5 rings (SSSR count). The van der Waals surface area contributed by atoms with Crippen molar-refractivity contribution >= 4 is 51.6 Å². The van der Waals surface area contributed by atoms with Crippen molar-refractivity contribution < 1.29 is 9.53 Å². The third kappa shape index (κ3) is 5.63. The van der Waals surface area contributed by atoms with Gasteiger partial charge in [-0.15, -0.1) is 0 Å². The van der Waals surface area contributed by atoms with Gasteiger partial charge in [0.2, 0.25) is 11.9 Å². The number of aryl methyl sites for hydroxylation is 1. The normalized spacial score (nSPS) is 13.8. The average molecular weight is 560 g/mol. The standard InChI is InChI=1S/C29H30ClN7O3/c1-5-26(38)32-20-13-19(30)14-22(15-20)37-27(39)12-18(2)23-17-31-29(34-28(23)37)33-24-7-6-21(16-25(24)40-4)36-10-8-35(3)9-11-36/h5-7,12-17H,1,8-11H2,2-4H3,(H,32,38)(H,31,33,34). The number of carbonyl (C=O) groups excluding carboxylic acids is 1. The third-order valence-electron chi connectivity index (χ3n) is 6.86. The molecule has 4 aromatic rings. The Kier molecular flexibility index (Phi) is 7.72. The van der Waals surface area contributed by atoms with Crippen molar-refractivity contribution in [2.75, 3.05) is 55.9 Å². The fraction of sp³-hybridized carbons (Fsp3) is 0.241. The number of benzene rings is 2. The van der Waals surface area contributed by atoms with Gasteiger partial charge in [-0.2, -0.15) is 4.98 Å². The number of carbonyl (C=O) groups is 1. The Hall–Kier alpha value is -4.41. The number of piperazine rings is 1. The summed E-state index contributed by atoms with van der Waals surface area (Å²) < 4.78 is 7.13. The van der Waals surface area contributed by atoms with Crippen LogP contribution in [0, 0.1) is 6.92 Å². The summed E-state index contributed by atoms with van der Waals surface area (Å²) in [5.41, 5.74) is 3.47. The summed E-state index contributed by atoms with van der Waals surface area (Å²) in [6, 6.07) is 12.4. The van der Waals surface area contributed by atoms with E-state index in [1.165, 1.54) is 10.6 Å². The highest BCUT2D eigenvalue weighted by Gasteiger charge is 2.17. The van der Waals surface area contributed by atoms with Gasteiger partial charge in [0, 0.05) is 66.3 Å². The summed E-state index contributed by atoms with van der Waals surface area (Å²) in [5.74, 6) is 0.550. The molecule has 40 heavy (non-hydrogen) atoms. The Labute approximate surface area is 236 Å². The van der Waals surface area contributed by atoms with Crippen LogP contribution in [-0.4, -0.2) is 65.7 Å². The SMILES string of the molecule is C=CC(=O)Nc1cc(Cl)cc(-n2c(=O)cc(C)c3cnc(Nc4ccc(N5CCN(C)CC5)cc4OC)nc32)c1. The first-order valence-corrected chi connectivity index (χ1v) is 13.2. The van der Waals surface area contributed by atoms with E-state index in [-0.39, 0.29) is 5.56 Å². The van der Waals surface area contributed by atoms with Crippen molar-refractivity contribution in [1.82, 2.24) is 19.4 Å². The van der Waals surface area contributed by atoms with E-state index in [0.717, 1.165) is 43.5 Å². The predicted molar refractivity (Wildman–Crippen MR) is 160 cm³/mol. The smallest absolute Gasteiger partial charge is 0.257 e. The van der Waals surface area contributed by atoms with Crippen LogP contribution in [-0.2, 0) is 4.79 Å². The summed E-state index contributed by atoms with van der Waals surface area (Å²) in [6.45, 7) is 9.20. The summed E-state index contributed by atoms with van der Waals surface area (Å²) >= 11 is 6.35. The molecule has 0 aliphatic carbocycles. The number of fused-ring (bicyclic) bond motifs is 1. The van der Waals surface area contributed by atoms with Gasteiger partial charge in [0.1, 0.15) is 5.75 Å². The summed E-state index contributed by atoms with van der Waals surface area (Å²) in [5, 5.41) is 6.97. The molecular weight excluding hydrogens is 530 g/mol. The van der Waals surface area contributed by atoms with E-state index in [1.54, 1.807) is 31.5 Å². The number of rotatable bonds is 7. The van der Waals surface area contributed by atoms with Gasteiger partial charge < -0.3 is 25.2 Å². The Morgan fingerprint density at radius 1 is 1.10 bits per heavy atom. The molecule has 1 aliphatic rings. The van der Waals surface area contributed by atoms with Gasteiger partial charge in [0.25, 0.3) is 5.56 Å². The molecule has 0 unspecified atom stereocenters. The molecule has 2 aromatic carbocycles. The van der Waals surface area contributed by atoms with Crippen LogP contribution < -0.4 is 25.8 Å². The number of hydrogen-bond donors (Lipinski definition) is 2. The Morgan fingerprint density at radius 3 is 2.60 bits per heavy atom. The van der Waals surface area contributed by atoms with Gasteiger partial charge in [0.15, 0.2) is 5.65 Å². The lowest BCUT2D eigenvalue weighted by Crippen LogP contribution is -2.44. The number of hydrogen-bond acceptors (Lipinski definition) is 8. The molecule has 3 heterocycles. The number of nitrogens with zero attached hydrogens (tertiary/aromatic N) is 5. The largest absolute Gasteiger partial charge is 0.494 e. The molecule has 0 radical (unpaired) electrons. The van der Waals surface area contributed by atoms with Crippen LogP contribution in [0.5, 0.6) is 5.75 Å². The Balaban J connectivity index is 1.53. The number of nitrogens with one attached hydrogen (secondary N) is 2. The summed E-state index contributed by atoms with van der Waals surface area (Å²) in [7, 11) is 3.75. The van der Waals surface area contributed by atoms with E-state index in [0.29, 0.717) is 44.8 Å². The van der Waals surface area contributed by atoms with E-state index in [9.17, 15) is 9.59 Å². The number of halogens is 1. The van der Waals surface area contributed by atoms with E-state index in [2.05, 4.69) is 39.0 Å². The van der Waals surface area contributed by atoms with Crippen LogP contribution in [0.4, 0.5) is 23.0 Å². The molecular formula is C29H30ClN7O3. The van der Waals surface area contributed by atoms with Crippen molar-refractivity contribution in [3.05, 3.63) is 82.3 Å². The van der Waals surface area contributed by atoms with Gasteiger partial charge in [0.05, 0.1) is 18.5 Å². The number of amides is 1. The van der Waals surface area contributed by atoms with Crippen LogP contribution >= 0.6 is 11.6 Å². The van der Waals surface area contributed by atoms with E-state index in [4.69, 9.17) is 21.3 Å². The van der Waals surface area contributed by atoms with E-state index in [1.807, 2.05) is 25.1 Å². The zero-order valence-corrected chi connectivity index (χ0v) is 23.3. The Morgan fingerprint density at radius 2 is 1.88 bits per heavy atom. The van der Waals surface area contributed by atoms with E-state index >= 15 is 0 Å². The maximum atomic E-state index is 13.2. The molecule has 2 N–H and O–H groups in total. The summed E-state index contributed by atoms with van der Waals surface area (Å²) in [6.07, 6.45) is 2.83. The lowest BCUT2D eigenvalue weighted by molar-refractivity contribution is -0.111. The van der Waals surface area contributed by atoms with Crippen molar-refractivity contribution in [3.8, 4) is 11.4 Å². The lowest BCUT2D eigenvalue weighted by atomic mass is 10.2. The maximum Gasteiger partial charge on any atom is 0.257 e. The van der Waals surface area contributed by atoms with Crippen molar-refractivity contribution in [1.29, 1.82) is 0 Å². The second kappa shape index (κ2) is 11.4. The maximum absolute atomic E-state index is 13.2. The minimum Gasteiger partial charge on any atom is -0.494 e. The highest BCUT2D eigenvalue weighted by Crippen LogP contribution is 2.32. The highest BCUT2D eigenvalue weighted by atomic mass is 35.5. The first-order chi connectivity index (χ1) is 19.2. The third-order valence-corrected chi connectivity index (χ3v) is 7.08. The van der Waals surface area contributed by atoms with Gasteiger partial charge in [-0.25, -0.2) is 4.98 Å². The Bertz CT molecular complexity index is 1660. The second-order valence-electron chi connectivity index (χ2n) is 9.62. The minimum absolute atomic E-state index is 0.291.